The molecule has 2 heterocycles. The lowest BCUT2D eigenvalue weighted by molar-refractivity contribution is 1.06. The van der Waals surface area contributed by atoms with Gasteiger partial charge in [-0.2, -0.15) is 0 Å². The van der Waals surface area contributed by atoms with Crippen molar-refractivity contribution in [2.24, 2.45) is 0 Å². The number of nitrogens with two attached hydrogens (primary N) is 1. The zero-order valence-electron chi connectivity index (χ0n) is 9.83. The minimum Gasteiger partial charge on any atom is -0.399 e. The van der Waals surface area contributed by atoms with Gasteiger partial charge >= 0.3 is 0 Å². The summed E-state index contributed by atoms with van der Waals surface area (Å²) in [6, 6.07) is 7.55. The quantitative estimate of drug-likeness (QED) is 0.662. The van der Waals surface area contributed by atoms with Gasteiger partial charge in [0.25, 0.3) is 0 Å². The molecule has 2 aromatic heterocycles. The summed E-state index contributed by atoms with van der Waals surface area (Å²) in [7, 11) is 1.81. The number of nitrogen functional groups attached to an aromatic ring is 1. The van der Waals surface area contributed by atoms with Crippen molar-refractivity contribution < 1.29 is 0 Å². The van der Waals surface area contributed by atoms with Crippen LogP contribution in [0, 0.1) is 0 Å². The molecule has 6 heteroatoms. The van der Waals surface area contributed by atoms with Crippen LogP contribution in [0.15, 0.2) is 36.9 Å². The van der Waals surface area contributed by atoms with Gasteiger partial charge in [0.1, 0.15) is 12.7 Å². The molecule has 0 aliphatic rings. The number of imidazole rings is 1. The Labute approximate surface area is 104 Å². The van der Waals surface area contributed by atoms with Crippen LogP contribution in [0.3, 0.4) is 0 Å². The zero-order chi connectivity index (χ0) is 12.5. The first-order valence-electron chi connectivity index (χ1n) is 5.51. The fourth-order valence-electron chi connectivity index (χ4n) is 1.84. The van der Waals surface area contributed by atoms with Crippen molar-refractivity contribution in [1.29, 1.82) is 0 Å². The highest BCUT2D eigenvalue weighted by molar-refractivity contribution is 5.83. The van der Waals surface area contributed by atoms with Crippen LogP contribution in [0.1, 0.15) is 0 Å². The van der Waals surface area contributed by atoms with Crippen LogP contribution in [-0.2, 0) is 0 Å². The van der Waals surface area contributed by atoms with Crippen LogP contribution in [0.2, 0.25) is 0 Å². The van der Waals surface area contributed by atoms with Crippen molar-refractivity contribution in [1.82, 2.24) is 19.5 Å². The Bertz CT molecular complexity index is 685. The zero-order valence-corrected chi connectivity index (χ0v) is 9.83. The minimum atomic E-state index is 0.717. The van der Waals surface area contributed by atoms with Gasteiger partial charge in [0, 0.05) is 18.4 Å². The highest BCUT2D eigenvalue weighted by Crippen LogP contribution is 2.20. The molecule has 0 bridgehead atoms. The smallest absolute Gasteiger partial charge is 0.170 e. The molecule has 6 nitrogen and oxygen atoms in total. The largest absolute Gasteiger partial charge is 0.399 e. The molecular weight excluding hydrogens is 228 g/mol. The van der Waals surface area contributed by atoms with E-state index >= 15 is 0 Å². The second-order valence-electron chi connectivity index (χ2n) is 3.85. The highest BCUT2D eigenvalue weighted by atomic mass is 15.1. The van der Waals surface area contributed by atoms with Crippen LogP contribution in [-0.4, -0.2) is 26.6 Å². The van der Waals surface area contributed by atoms with Gasteiger partial charge in [-0.25, -0.2) is 15.0 Å². The third-order valence-corrected chi connectivity index (χ3v) is 2.74. The van der Waals surface area contributed by atoms with E-state index in [2.05, 4.69) is 20.3 Å². The van der Waals surface area contributed by atoms with Gasteiger partial charge in [0.2, 0.25) is 0 Å². The normalized spacial score (nSPS) is 10.7. The van der Waals surface area contributed by atoms with Crippen molar-refractivity contribution >= 4 is 22.7 Å². The van der Waals surface area contributed by atoms with Crippen LogP contribution in [0.4, 0.5) is 11.5 Å². The predicted octanol–water partition coefficient (Wildman–Crippen LogP) is 1.44. The molecule has 3 rings (SSSR count). The molecule has 1 aromatic carbocycles. The van der Waals surface area contributed by atoms with Gasteiger partial charge in [-0.05, 0) is 24.3 Å². The summed E-state index contributed by atoms with van der Waals surface area (Å²) >= 11 is 0. The Morgan fingerprint density at radius 3 is 2.61 bits per heavy atom. The fourth-order valence-corrected chi connectivity index (χ4v) is 1.84. The minimum absolute atomic E-state index is 0.717. The van der Waals surface area contributed by atoms with Crippen LogP contribution >= 0.6 is 0 Å². The number of hydrogen-bond acceptors (Lipinski definition) is 5. The molecule has 18 heavy (non-hydrogen) atoms. The standard InChI is InChI=1S/C12H12N6/c1-14-11-10-12(16-6-15-11)18(7-17-10)9-4-2-8(13)3-5-9/h2-7H,13H2,1H3,(H,14,15,16). The van der Waals surface area contributed by atoms with Gasteiger partial charge in [-0.1, -0.05) is 0 Å². The van der Waals surface area contributed by atoms with E-state index < -0.39 is 0 Å². The molecule has 0 spiro atoms. The van der Waals surface area contributed by atoms with Crippen LogP contribution < -0.4 is 11.1 Å². The maximum atomic E-state index is 5.68. The number of rotatable bonds is 2. The topological polar surface area (TPSA) is 81.7 Å². The predicted molar refractivity (Wildman–Crippen MR) is 70.6 cm³/mol. The Kier molecular flexibility index (Phi) is 2.33. The molecule has 0 aliphatic heterocycles. The molecule has 0 saturated heterocycles. The molecule has 0 aliphatic carbocycles. The monoisotopic (exact) mass is 240 g/mol. The van der Waals surface area contributed by atoms with Gasteiger partial charge in [0.15, 0.2) is 17.0 Å². The van der Waals surface area contributed by atoms with Gasteiger partial charge in [-0.3, -0.25) is 4.57 Å². The third-order valence-electron chi connectivity index (χ3n) is 2.74. The lowest BCUT2D eigenvalue weighted by atomic mass is 10.3. The molecule has 0 radical (unpaired) electrons. The van der Waals surface area contributed by atoms with E-state index in [0.717, 1.165) is 22.5 Å². The first kappa shape index (κ1) is 10.5. The Morgan fingerprint density at radius 2 is 1.89 bits per heavy atom. The summed E-state index contributed by atoms with van der Waals surface area (Å²) in [5.74, 6) is 0.717. The second kappa shape index (κ2) is 3.99. The molecule has 90 valence electrons. The summed E-state index contributed by atoms with van der Waals surface area (Å²) in [6.07, 6.45) is 3.25. The third kappa shape index (κ3) is 1.55. The molecule has 3 N–H and O–H groups in total. The highest BCUT2D eigenvalue weighted by Gasteiger charge is 2.09. The van der Waals surface area contributed by atoms with Gasteiger partial charge < -0.3 is 11.1 Å². The molecule has 0 unspecified atom stereocenters. The van der Waals surface area contributed by atoms with Gasteiger partial charge in [-0.15, -0.1) is 0 Å². The first-order valence-corrected chi connectivity index (χ1v) is 5.51. The molecule has 0 atom stereocenters. The van der Waals surface area contributed by atoms with E-state index in [1.165, 1.54) is 6.33 Å². The van der Waals surface area contributed by atoms with Crippen molar-refractivity contribution in [3.8, 4) is 5.69 Å². The number of nitrogens with one attached hydrogen (secondary N) is 1. The summed E-state index contributed by atoms with van der Waals surface area (Å²) in [5, 5.41) is 3.00. The lowest BCUT2D eigenvalue weighted by Crippen LogP contribution is -1.97. The summed E-state index contributed by atoms with van der Waals surface area (Å²) in [4.78, 5) is 12.7. The van der Waals surface area contributed by atoms with E-state index in [9.17, 15) is 0 Å². The summed E-state index contributed by atoms with van der Waals surface area (Å²) in [6.45, 7) is 0. The summed E-state index contributed by atoms with van der Waals surface area (Å²) < 4.78 is 1.90. The lowest BCUT2D eigenvalue weighted by Gasteiger charge is -2.04. The van der Waals surface area contributed by atoms with E-state index in [1.807, 2.05) is 35.9 Å². The number of fused-ring (bicyclic) bond motifs is 1. The maximum absolute atomic E-state index is 5.68. The Morgan fingerprint density at radius 1 is 1.11 bits per heavy atom. The van der Waals surface area contributed by atoms with Crippen LogP contribution in [0.5, 0.6) is 0 Å². The summed E-state index contributed by atoms with van der Waals surface area (Å²) in [5.41, 5.74) is 8.88. The number of nitrogens with zero attached hydrogens (tertiary/aromatic N) is 4. The fraction of sp³-hybridized carbons (Fsp3) is 0.0833. The molecule has 0 fully saturated rings. The number of benzene rings is 1. The van der Waals surface area contributed by atoms with E-state index in [0.29, 0.717) is 5.82 Å². The van der Waals surface area contributed by atoms with E-state index in [4.69, 9.17) is 5.73 Å². The molecule has 3 aromatic rings. The Hall–Kier alpha value is -2.63. The molecular formula is C12H12N6. The average Bonchev–Trinajstić information content (AvgIpc) is 2.83. The first-order chi connectivity index (χ1) is 8.79. The van der Waals surface area contributed by atoms with Crippen molar-refractivity contribution in [2.75, 3.05) is 18.1 Å². The van der Waals surface area contributed by atoms with Crippen molar-refractivity contribution in [3.05, 3.63) is 36.9 Å². The van der Waals surface area contributed by atoms with E-state index in [-0.39, 0.29) is 0 Å². The maximum Gasteiger partial charge on any atom is 0.170 e. The second-order valence-corrected chi connectivity index (χ2v) is 3.85. The average molecular weight is 240 g/mol. The molecule has 0 amide bonds. The number of anilines is 2. The van der Waals surface area contributed by atoms with Crippen molar-refractivity contribution in [2.45, 2.75) is 0 Å². The SMILES string of the molecule is CNc1ncnc2c1ncn2-c1ccc(N)cc1. The van der Waals surface area contributed by atoms with Crippen molar-refractivity contribution in [3.63, 3.8) is 0 Å². The van der Waals surface area contributed by atoms with Gasteiger partial charge in [0.05, 0.1) is 0 Å². The van der Waals surface area contributed by atoms with Crippen LogP contribution in [0.25, 0.3) is 16.9 Å². The Balaban J connectivity index is 2.21. The number of aromatic nitrogens is 4. The number of hydrogen-bond donors (Lipinski definition) is 2. The van der Waals surface area contributed by atoms with E-state index in [1.54, 1.807) is 6.33 Å². The molecule has 0 saturated carbocycles.